The minimum Gasteiger partial charge on any atom is -0.456 e. The molecule has 32 heavy (non-hydrogen) atoms. The van der Waals surface area contributed by atoms with Gasteiger partial charge < -0.3 is 4.74 Å². The lowest BCUT2D eigenvalue weighted by atomic mass is 10.1. The summed E-state index contributed by atoms with van der Waals surface area (Å²) in [6.45, 7) is 1.53. The van der Waals surface area contributed by atoms with Gasteiger partial charge in [-0.25, -0.2) is 4.79 Å². The Morgan fingerprint density at radius 2 is 1.72 bits per heavy atom. The number of imidazole rings is 1. The van der Waals surface area contributed by atoms with Crippen molar-refractivity contribution >= 4 is 33.7 Å². The first-order valence-corrected chi connectivity index (χ1v) is 10.00. The first-order chi connectivity index (χ1) is 15.4. The normalized spacial score (nSPS) is 11.6. The van der Waals surface area contributed by atoms with Crippen LogP contribution in [0.1, 0.15) is 11.4 Å². The summed E-state index contributed by atoms with van der Waals surface area (Å²) in [6.07, 6.45) is 0. The van der Waals surface area contributed by atoms with Crippen molar-refractivity contribution in [2.75, 3.05) is 0 Å². The molecule has 10 heteroatoms. The molecule has 0 saturated heterocycles. The van der Waals surface area contributed by atoms with E-state index in [2.05, 4.69) is 10.2 Å². The lowest BCUT2D eigenvalue weighted by molar-refractivity contribution is -0.145. The third-order valence-corrected chi connectivity index (χ3v) is 5.64. The third kappa shape index (κ3) is 2.91. The Labute approximate surface area is 180 Å². The Balaban J connectivity index is 1.47. The molecule has 2 aromatic carbocycles. The summed E-state index contributed by atoms with van der Waals surface area (Å²) in [5, 5.41) is 8.74. The van der Waals surface area contributed by atoms with Gasteiger partial charge in [-0.15, -0.1) is 10.2 Å². The van der Waals surface area contributed by atoms with Crippen LogP contribution in [0.3, 0.4) is 0 Å². The van der Waals surface area contributed by atoms with E-state index in [-0.39, 0.29) is 24.4 Å². The maximum absolute atomic E-state index is 12.7. The largest absolute Gasteiger partial charge is 0.456 e. The molecule has 0 atom stereocenters. The highest BCUT2D eigenvalue weighted by Crippen LogP contribution is 2.17. The quantitative estimate of drug-likeness (QED) is 0.396. The molecule has 5 rings (SSSR count). The number of esters is 1. The summed E-state index contributed by atoms with van der Waals surface area (Å²) in [5.41, 5.74) is 2.50. The van der Waals surface area contributed by atoms with Gasteiger partial charge in [-0.2, -0.15) is 0 Å². The molecule has 0 radical (unpaired) electrons. The number of hydrogen-bond donors (Lipinski definition) is 0. The summed E-state index contributed by atoms with van der Waals surface area (Å²) in [5.74, 6) is 0.149. The van der Waals surface area contributed by atoms with E-state index in [1.807, 2.05) is 37.3 Å². The molecule has 3 heterocycles. The van der Waals surface area contributed by atoms with Crippen LogP contribution in [0, 0.1) is 6.92 Å². The SMILES string of the molecule is Cc1ccc2c(c1)c(=O)n(C)c1nnc(COC(=O)Cn3c(=O)n(C)c4ccccc43)n21. The third-order valence-electron chi connectivity index (χ3n) is 5.64. The Kier molecular flexibility index (Phi) is 4.43. The van der Waals surface area contributed by atoms with Crippen LogP contribution in [-0.2, 0) is 36.8 Å². The van der Waals surface area contributed by atoms with Crippen LogP contribution in [0.4, 0.5) is 0 Å². The van der Waals surface area contributed by atoms with Gasteiger partial charge in [0, 0.05) is 14.1 Å². The van der Waals surface area contributed by atoms with Gasteiger partial charge in [-0.05, 0) is 31.2 Å². The zero-order valence-corrected chi connectivity index (χ0v) is 17.8. The molecule has 0 aliphatic carbocycles. The summed E-state index contributed by atoms with van der Waals surface area (Å²) >= 11 is 0. The van der Waals surface area contributed by atoms with E-state index < -0.39 is 5.97 Å². The Bertz CT molecular complexity index is 1650. The average molecular weight is 432 g/mol. The molecule has 0 unspecified atom stereocenters. The Hall–Kier alpha value is -4.21. The standard InChI is InChI=1S/C22H20N6O4/c1-13-8-9-15-14(10-13)20(30)26(3)21-24-23-18(28(15)21)12-32-19(29)11-27-17-7-5-4-6-16(17)25(2)22(27)31/h4-10H,11-12H2,1-3H3. The fourth-order valence-corrected chi connectivity index (χ4v) is 3.99. The summed E-state index contributed by atoms with van der Waals surface area (Å²) in [6, 6.07) is 12.8. The van der Waals surface area contributed by atoms with Crippen molar-refractivity contribution in [3.8, 4) is 0 Å². The van der Waals surface area contributed by atoms with E-state index >= 15 is 0 Å². The molecule has 10 nitrogen and oxygen atoms in total. The smallest absolute Gasteiger partial charge is 0.329 e. The first-order valence-electron chi connectivity index (χ1n) is 10.00. The minimum atomic E-state index is -0.579. The van der Waals surface area contributed by atoms with Crippen molar-refractivity contribution < 1.29 is 9.53 Å². The molecule has 0 spiro atoms. The number of benzene rings is 2. The molecular weight excluding hydrogens is 412 g/mol. The van der Waals surface area contributed by atoms with E-state index in [4.69, 9.17) is 4.74 Å². The van der Waals surface area contributed by atoms with Gasteiger partial charge in [-0.1, -0.05) is 23.8 Å². The molecule has 0 fully saturated rings. The fourth-order valence-electron chi connectivity index (χ4n) is 3.99. The molecule has 5 aromatic rings. The number of ether oxygens (including phenoxy) is 1. The van der Waals surface area contributed by atoms with Crippen LogP contribution in [0.2, 0.25) is 0 Å². The fraction of sp³-hybridized carbons (Fsp3) is 0.227. The van der Waals surface area contributed by atoms with Crippen molar-refractivity contribution in [2.24, 2.45) is 14.1 Å². The van der Waals surface area contributed by atoms with Gasteiger partial charge in [-0.3, -0.25) is 27.7 Å². The number of para-hydroxylation sites is 2. The van der Waals surface area contributed by atoms with Crippen LogP contribution < -0.4 is 11.2 Å². The molecule has 0 N–H and O–H groups in total. The van der Waals surface area contributed by atoms with Crippen molar-refractivity contribution in [2.45, 2.75) is 20.1 Å². The highest BCUT2D eigenvalue weighted by atomic mass is 16.5. The van der Waals surface area contributed by atoms with Gasteiger partial charge in [0.05, 0.1) is 21.9 Å². The minimum absolute atomic E-state index is 0.152. The predicted octanol–water partition coefficient (Wildman–Crippen LogP) is 1.29. The first kappa shape index (κ1) is 19.7. The van der Waals surface area contributed by atoms with E-state index in [1.165, 1.54) is 13.7 Å². The maximum atomic E-state index is 12.7. The second kappa shape index (κ2) is 7.19. The van der Waals surface area contributed by atoms with Gasteiger partial charge in [0.1, 0.15) is 6.54 Å². The molecule has 3 aromatic heterocycles. The molecule has 0 aliphatic rings. The number of fused-ring (bicyclic) bond motifs is 4. The Morgan fingerprint density at radius 1 is 0.969 bits per heavy atom. The van der Waals surface area contributed by atoms with E-state index in [9.17, 15) is 14.4 Å². The van der Waals surface area contributed by atoms with E-state index in [1.54, 1.807) is 30.6 Å². The van der Waals surface area contributed by atoms with E-state index in [0.717, 1.165) is 11.1 Å². The lowest BCUT2D eigenvalue weighted by Gasteiger charge is -2.09. The number of carbonyl (C=O) groups is 1. The number of carbonyl (C=O) groups excluding carboxylic acids is 1. The lowest BCUT2D eigenvalue weighted by Crippen LogP contribution is -2.26. The van der Waals surface area contributed by atoms with Crippen LogP contribution in [-0.4, -0.2) is 34.3 Å². The topological polar surface area (TPSA) is 105 Å². The van der Waals surface area contributed by atoms with Gasteiger partial charge >= 0.3 is 11.7 Å². The number of rotatable bonds is 4. The molecule has 0 amide bonds. The van der Waals surface area contributed by atoms with Gasteiger partial charge in [0.2, 0.25) is 5.78 Å². The number of aromatic nitrogens is 6. The van der Waals surface area contributed by atoms with Crippen LogP contribution in [0.25, 0.3) is 27.7 Å². The van der Waals surface area contributed by atoms with E-state index in [0.29, 0.717) is 28.0 Å². The van der Waals surface area contributed by atoms with Crippen LogP contribution in [0.15, 0.2) is 52.1 Å². The summed E-state index contributed by atoms with van der Waals surface area (Å²) in [4.78, 5) is 37.8. The number of nitrogens with zero attached hydrogens (tertiary/aromatic N) is 6. The van der Waals surface area contributed by atoms with Crippen molar-refractivity contribution in [1.82, 2.24) is 28.3 Å². The van der Waals surface area contributed by atoms with Gasteiger partial charge in [0.25, 0.3) is 5.56 Å². The van der Waals surface area contributed by atoms with Crippen LogP contribution in [0.5, 0.6) is 0 Å². The predicted molar refractivity (Wildman–Crippen MR) is 117 cm³/mol. The number of hydrogen-bond acceptors (Lipinski definition) is 6. The molecular formula is C22H20N6O4. The second-order valence-corrected chi connectivity index (χ2v) is 7.71. The van der Waals surface area contributed by atoms with Crippen molar-refractivity contribution in [3.05, 3.63) is 74.7 Å². The maximum Gasteiger partial charge on any atom is 0.329 e. The van der Waals surface area contributed by atoms with Crippen molar-refractivity contribution in [3.63, 3.8) is 0 Å². The summed E-state index contributed by atoms with van der Waals surface area (Å²) < 4.78 is 11.4. The highest BCUT2D eigenvalue weighted by Gasteiger charge is 2.18. The summed E-state index contributed by atoms with van der Waals surface area (Å²) in [7, 11) is 3.28. The van der Waals surface area contributed by atoms with Crippen molar-refractivity contribution in [1.29, 1.82) is 0 Å². The molecule has 0 aliphatic heterocycles. The molecule has 0 bridgehead atoms. The second-order valence-electron chi connectivity index (χ2n) is 7.71. The monoisotopic (exact) mass is 432 g/mol. The molecule has 162 valence electrons. The average Bonchev–Trinajstić information content (AvgIpc) is 3.32. The highest BCUT2D eigenvalue weighted by molar-refractivity contribution is 5.81. The molecule has 0 saturated carbocycles. The number of aryl methyl sites for hydroxylation is 3. The zero-order valence-electron chi connectivity index (χ0n) is 17.8. The Morgan fingerprint density at radius 3 is 2.50 bits per heavy atom. The zero-order chi connectivity index (χ0) is 22.6. The van der Waals surface area contributed by atoms with Gasteiger partial charge in [0.15, 0.2) is 12.4 Å². The van der Waals surface area contributed by atoms with Crippen LogP contribution >= 0.6 is 0 Å².